The van der Waals surface area contributed by atoms with Crippen LogP contribution in [0.25, 0.3) is 9.88 Å². The highest BCUT2D eigenvalue weighted by molar-refractivity contribution is 7.20. The van der Waals surface area contributed by atoms with Gasteiger partial charge in [0.15, 0.2) is 0 Å². The third kappa shape index (κ3) is 4.18. The minimum atomic E-state index is -0.225. The Morgan fingerprint density at radius 1 is 1.22 bits per heavy atom. The van der Waals surface area contributed by atoms with E-state index in [1.807, 2.05) is 29.6 Å². The van der Waals surface area contributed by atoms with Gasteiger partial charge in [0.1, 0.15) is 16.5 Å². The Morgan fingerprint density at radius 3 is 2.70 bits per heavy atom. The smallest absolute Gasteiger partial charge is 0.275 e. The number of hydrogen-bond donors (Lipinski definition) is 1. The van der Waals surface area contributed by atoms with Crippen molar-refractivity contribution < 1.29 is 9.53 Å². The molecule has 1 amide bonds. The molecule has 0 aliphatic carbocycles. The standard InChI is InChI=1S/C19H20N4O2S2/c1-12-9-23(10-13(2)25-12)17-6-5-14(8-20-17)21-18(24)15-11-27-19(22-15)16-4-3-7-26-16/h3-8,11-13H,9-10H2,1-2H3,(H,21,24). The van der Waals surface area contributed by atoms with Gasteiger partial charge in [-0.15, -0.1) is 22.7 Å². The van der Waals surface area contributed by atoms with Gasteiger partial charge >= 0.3 is 0 Å². The van der Waals surface area contributed by atoms with E-state index in [9.17, 15) is 4.79 Å². The van der Waals surface area contributed by atoms with Gasteiger partial charge in [-0.1, -0.05) is 6.07 Å². The number of ether oxygens (including phenoxy) is 1. The third-order valence-electron chi connectivity index (χ3n) is 4.22. The van der Waals surface area contributed by atoms with Crippen LogP contribution in [0.1, 0.15) is 24.3 Å². The lowest BCUT2D eigenvalue weighted by atomic mass is 10.2. The summed E-state index contributed by atoms with van der Waals surface area (Å²) in [6, 6.07) is 7.78. The number of nitrogens with zero attached hydrogens (tertiary/aromatic N) is 3. The number of hydrogen-bond acceptors (Lipinski definition) is 7. The molecular formula is C19H20N4O2S2. The highest BCUT2D eigenvalue weighted by Gasteiger charge is 2.23. The molecule has 1 N–H and O–H groups in total. The van der Waals surface area contributed by atoms with Gasteiger partial charge in [-0.2, -0.15) is 0 Å². The van der Waals surface area contributed by atoms with Crippen molar-refractivity contribution in [3.8, 4) is 9.88 Å². The first-order valence-electron chi connectivity index (χ1n) is 8.75. The fourth-order valence-electron chi connectivity index (χ4n) is 3.10. The fraction of sp³-hybridized carbons (Fsp3) is 0.316. The number of pyridine rings is 1. The molecule has 27 heavy (non-hydrogen) atoms. The predicted octanol–water partition coefficient (Wildman–Crippen LogP) is 4.13. The van der Waals surface area contributed by atoms with Crippen LogP contribution in [0, 0.1) is 0 Å². The van der Waals surface area contributed by atoms with E-state index in [4.69, 9.17) is 4.74 Å². The molecule has 3 aromatic rings. The van der Waals surface area contributed by atoms with E-state index in [1.54, 1.807) is 22.9 Å². The molecule has 2 atom stereocenters. The van der Waals surface area contributed by atoms with Gasteiger partial charge < -0.3 is 15.0 Å². The van der Waals surface area contributed by atoms with Crippen molar-refractivity contribution in [1.29, 1.82) is 0 Å². The lowest BCUT2D eigenvalue weighted by Crippen LogP contribution is -2.45. The summed E-state index contributed by atoms with van der Waals surface area (Å²) in [6.45, 7) is 5.76. The maximum absolute atomic E-state index is 12.5. The van der Waals surface area contributed by atoms with Crippen molar-refractivity contribution >= 4 is 40.1 Å². The van der Waals surface area contributed by atoms with Crippen molar-refractivity contribution in [3.63, 3.8) is 0 Å². The van der Waals surface area contributed by atoms with Crippen LogP contribution in [0.15, 0.2) is 41.2 Å². The molecule has 0 aromatic carbocycles. The van der Waals surface area contributed by atoms with Gasteiger partial charge in [-0.3, -0.25) is 4.79 Å². The van der Waals surface area contributed by atoms with Crippen LogP contribution in [-0.2, 0) is 4.74 Å². The summed E-state index contributed by atoms with van der Waals surface area (Å²) >= 11 is 3.09. The number of rotatable bonds is 4. The summed E-state index contributed by atoms with van der Waals surface area (Å²) in [4.78, 5) is 24.7. The number of carbonyl (C=O) groups excluding carboxylic acids is 1. The van der Waals surface area contributed by atoms with Crippen molar-refractivity contribution in [2.75, 3.05) is 23.3 Å². The summed E-state index contributed by atoms with van der Waals surface area (Å²) < 4.78 is 5.76. The van der Waals surface area contributed by atoms with E-state index in [1.165, 1.54) is 11.3 Å². The van der Waals surface area contributed by atoms with Crippen LogP contribution in [0.3, 0.4) is 0 Å². The molecule has 1 saturated heterocycles. The molecule has 1 aliphatic heterocycles. The molecule has 4 rings (SSSR count). The Balaban J connectivity index is 1.42. The van der Waals surface area contributed by atoms with Crippen LogP contribution in [0.5, 0.6) is 0 Å². The number of anilines is 2. The van der Waals surface area contributed by atoms with E-state index in [0.717, 1.165) is 28.8 Å². The number of aromatic nitrogens is 2. The van der Waals surface area contributed by atoms with E-state index >= 15 is 0 Å². The molecule has 0 spiro atoms. The van der Waals surface area contributed by atoms with Gasteiger partial charge in [-0.25, -0.2) is 9.97 Å². The second kappa shape index (κ2) is 7.75. The zero-order valence-electron chi connectivity index (χ0n) is 15.1. The summed E-state index contributed by atoms with van der Waals surface area (Å²) in [5.74, 6) is 0.667. The lowest BCUT2D eigenvalue weighted by molar-refractivity contribution is -0.00545. The molecule has 6 nitrogen and oxygen atoms in total. The number of nitrogens with one attached hydrogen (secondary N) is 1. The van der Waals surface area contributed by atoms with E-state index in [-0.39, 0.29) is 18.1 Å². The molecule has 0 saturated carbocycles. The molecule has 2 unspecified atom stereocenters. The van der Waals surface area contributed by atoms with Gasteiger partial charge in [0.2, 0.25) is 0 Å². The van der Waals surface area contributed by atoms with Crippen molar-refractivity contribution in [1.82, 2.24) is 9.97 Å². The van der Waals surface area contributed by atoms with Crippen LogP contribution < -0.4 is 10.2 Å². The van der Waals surface area contributed by atoms with Gasteiger partial charge in [0, 0.05) is 18.5 Å². The minimum absolute atomic E-state index is 0.178. The number of amides is 1. The first kappa shape index (κ1) is 18.1. The molecule has 4 heterocycles. The predicted molar refractivity (Wildman–Crippen MR) is 110 cm³/mol. The molecule has 1 fully saturated rings. The van der Waals surface area contributed by atoms with Crippen LogP contribution >= 0.6 is 22.7 Å². The SMILES string of the molecule is CC1CN(c2ccc(NC(=O)c3csc(-c4cccs4)n3)cn2)CC(C)O1. The normalized spacial score (nSPS) is 19.9. The quantitative estimate of drug-likeness (QED) is 0.713. The van der Waals surface area contributed by atoms with E-state index < -0.39 is 0 Å². The highest BCUT2D eigenvalue weighted by Crippen LogP contribution is 2.28. The van der Waals surface area contributed by atoms with Crippen molar-refractivity contribution in [2.45, 2.75) is 26.1 Å². The summed E-state index contributed by atoms with van der Waals surface area (Å²) in [6.07, 6.45) is 2.04. The third-order valence-corrected chi connectivity index (χ3v) is 6.10. The minimum Gasteiger partial charge on any atom is -0.372 e. The molecule has 8 heteroatoms. The fourth-order valence-corrected chi connectivity index (χ4v) is 4.71. The first-order chi connectivity index (χ1) is 13.1. The van der Waals surface area contributed by atoms with Gasteiger partial charge in [0.05, 0.1) is 29.0 Å². The maximum Gasteiger partial charge on any atom is 0.275 e. The molecule has 0 bridgehead atoms. The van der Waals surface area contributed by atoms with Gasteiger partial charge in [-0.05, 0) is 37.4 Å². The Bertz CT molecular complexity index is 898. The highest BCUT2D eigenvalue weighted by atomic mass is 32.1. The topological polar surface area (TPSA) is 67.4 Å². The Hall–Kier alpha value is -2.29. The average Bonchev–Trinajstić information content (AvgIpc) is 3.33. The van der Waals surface area contributed by atoms with E-state index in [0.29, 0.717) is 11.4 Å². The lowest BCUT2D eigenvalue weighted by Gasteiger charge is -2.36. The molecule has 140 valence electrons. The second-order valence-electron chi connectivity index (χ2n) is 6.54. The summed E-state index contributed by atoms with van der Waals surface area (Å²) in [7, 11) is 0. The Kier molecular flexibility index (Phi) is 5.20. The van der Waals surface area contributed by atoms with Gasteiger partial charge in [0.25, 0.3) is 5.91 Å². The number of thiophene rings is 1. The zero-order chi connectivity index (χ0) is 18.8. The largest absolute Gasteiger partial charge is 0.372 e. The second-order valence-corrected chi connectivity index (χ2v) is 8.34. The molecular weight excluding hydrogens is 380 g/mol. The number of carbonyl (C=O) groups is 1. The molecule has 3 aromatic heterocycles. The van der Waals surface area contributed by atoms with Crippen LogP contribution in [0.2, 0.25) is 0 Å². The maximum atomic E-state index is 12.5. The molecule has 0 radical (unpaired) electrons. The van der Waals surface area contributed by atoms with Crippen molar-refractivity contribution in [2.24, 2.45) is 0 Å². The average molecular weight is 401 g/mol. The summed E-state index contributed by atoms with van der Waals surface area (Å²) in [5.41, 5.74) is 1.08. The van der Waals surface area contributed by atoms with Crippen molar-refractivity contribution in [3.05, 3.63) is 46.9 Å². The van der Waals surface area contributed by atoms with Crippen LogP contribution in [-0.4, -0.2) is 41.2 Å². The van der Waals surface area contributed by atoms with E-state index in [2.05, 4.69) is 34.0 Å². The zero-order valence-corrected chi connectivity index (χ0v) is 16.7. The first-order valence-corrected chi connectivity index (χ1v) is 10.5. The number of morpholine rings is 1. The van der Waals surface area contributed by atoms with Crippen LogP contribution in [0.4, 0.5) is 11.5 Å². The number of thiazole rings is 1. The monoisotopic (exact) mass is 400 g/mol. The Labute approximate surface area is 165 Å². The molecule has 1 aliphatic rings. The Morgan fingerprint density at radius 2 is 2.04 bits per heavy atom. The summed E-state index contributed by atoms with van der Waals surface area (Å²) in [5, 5.41) is 7.51.